The van der Waals surface area contributed by atoms with Crippen molar-refractivity contribution in [3.63, 3.8) is 0 Å². The number of hydrogen-bond donors (Lipinski definition) is 1. The molecule has 0 aliphatic carbocycles. The molecule has 7 nitrogen and oxygen atoms in total. The van der Waals surface area contributed by atoms with Gasteiger partial charge in [0.2, 0.25) is 0 Å². The fourth-order valence-electron chi connectivity index (χ4n) is 3.50. The predicted octanol–water partition coefficient (Wildman–Crippen LogP) is 3.40. The normalized spacial score (nSPS) is 13.9. The highest BCUT2D eigenvalue weighted by atomic mass is 15.4. The van der Waals surface area contributed by atoms with Gasteiger partial charge in [-0.15, -0.1) is 15.3 Å². The van der Waals surface area contributed by atoms with Crippen LogP contribution in [0.1, 0.15) is 18.4 Å². The number of benzene rings is 1. The predicted molar refractivity (Wildman–Crippen MR) is 109 cm³/mol. The molecule has 0 atom stereocenters. The first-order chi connectivity index (χ1) is 13.9. The molecule has 4 heterocycles. The van der Waals surface area contributed by atoms with Gasteiger partial charge in [-0.1, -0.05) is 36.4 Å². The summed E-state index contributed by atoms with van der Waals surface area (Å²) in [6, 6.07) is 18.0. The molecule has 5 rings (SSSR count). The van der Waals surface area contributed by atoms with Crippen molar-refractivity contribution in [2.45, 2.75) is 19.4 Å². The third-order valence-electron chi connectivity index (χ3n) is 5.01. The topological polar surface area (TPSA) is 71.2 Å². The Morgan fingerprint density at radius 2 is 1.75 bits per heavy atom. The summed E-state index contributed by atoms with van der Waals surface area (Å²) in [6.07, 6.45) is 4.45. The van der Waals surface area contributed by atoms with E-state index < -0.39 is 0 Å². The van der Waals surface area contributed by atoms with Gasteiger partial charge >= 0.3 is 0 Å². The largest absolute Gasteiger partial charge is 0.364 e. The van der Waals surface area contributed by atoms with E-state index in [0.717, 1.165) is 47.3 Å². The molecule has 1 aliphatic heterocycles. The molecule has 0 bridgehead atoms. The summed E-state index contributed by atoms with van der Waals surface area (Å²) in [5, 5.41) is 16.5. The smallest absolute Gasteiger partial charge is 0.185 e. The van der Waals surface area contributed by atoms with Gasteiger partial charge in [0, 0.05) is 31.4 Å². The van der Waals surface area contributed by atoms with Crippen molar-refractivity contribution in [1.82, 2.24) is 24.8 Å². The fourth-order valence-corrected chi connectivity index (χ4v) is 3.50. The number of fused-ring (bicyclic) bond motifs is 1. The highest BCUT2D eigenvalue weighted by Gasteiger charge is 2.13. The van der Waals surface area contributed by atoms with Crippen molar-refractivity contribution in [2.24, 2.45) is 0 Å². The lowest BCUT2D eigenvalue weighted by Crippen LogP contribution is -2.18. The van der Waals surface area contributed by atoms with Crippen molar-refractivity contribution in [1.29, 1.82) is 0 Å². The number of rotatable bonds is 5. The highest BCUT2D eigenvalue weighted by Crippen LogP contribution is 2.19. The molecule has 4 aromatic rings. The van der Waals surface area contributed by atoms with Gasteiger partial charge < -0.3 is 10.2 Å². The van der Waals surface area contributed by atoms with Crippen molar-refractivity contribution < 1.29 is 0 Å². The molecule has 1 saturated heterocycles. The molecule has 1 aromatic carbocycles. The minimum atomic E-state index is 0.661. The van der Waals surface area contributed by atoms with Gasteiger partial charge in [0.1, 0.15) is 11.6 Å². The van der Waals surface area contributed by atoms with Crippen LogP contribution in [0.25, 0.3) is 17.0 Å². The molecule has 1 N–H and O–H groups in total. The van der Waals surface area contributed by atoms with Crippen LogP contribution >= 0.6 is 0 Å². The number of anilines is 2. The van der Waals surface area contributed by atoms with Crippen LogP contribution in [0.4, 0.5) is 11.6 Å². The van der Waals surface area contributed by atoms with Crippen molar-refractivity contribution in [3.8, 4) is 11.4 Å². The van der Waals surface area contributed by atoms with E-state index in [-0.39, 0.29) is 0 Å². The molecule has 0 spiro atoms. The van der Waals surface area contributed by atoms with Crippen LogP contribution in [0.2, 0.25) is 0 Å². The summed E-state index contributed by atoms with van der Waals surface area (Å²) < 4.78 is 1.77. The molecule has 0 amide bonds. The van der Waals surface area contributed by atoms with Crippen molar-refractivity contribution in [3.05, 3.63) is 66.4 Å². The minimum absolute atomic E-state index is 0.661. The minimum Gasteiger partial charge on any atom is -0.364 e. The zero-order valence-corrected chi connectivity index (χ0v) is 15.5. The zero-order chi connectivity index (χ0) is 18.8. The first-order valence-electron chi connectivity index (χ1n) is 9.58. The maximum atomic E-state index is 4.66. The fraction of sp³-hybridized carbons (Fsp3) is 0.238. The molecule has 0 unspecified atom stereocenters. The summed E-state index contributed by atoms with van der Waals surface area (Å²) >= 11 is 0. The molecular weight excluding hydrogens is 350 g/mol. The average Bonchev–Trinajstić information content (AvgIpc) is 3.43. The van der Waals surface area contributed by atoms with E-state index in [1.54, 1.807) is 4.52 Å². The van der Waals surface area contributed by atoms with E-state index in [2.05, 4.69) is 42.6 Å². The Hall–Kier alpha value is -3.48. The van der Waals surface area contributed by atoms with Gasteiger partial charge in [-0.2, -0.15) is 4.52 Å². The molecule has 140 valence electrons. The quantitative estimate of drug-likeness (QED) is 0.580. The third-order valence-corrected chi connectivity index (χ3v) is 5.01. The summed E-state index contributed by atoms with van der Waals surface area (Å²) in [6.45, 7) is 2.88. The Morgan fingerprint density at radius 3 is 2.54 bits per heavy atom. The molecule has 1 aliphatic rings. The number of nitrogens with one attached hydrogen (secondary N) is 1. The third kappa shape index (κ3) is 3.26. The van der Waals surface area contributed by atoms with E-state index in [1.165, 1.54) is 12.8 Å². The number of hydrogen-bond acceptors (Lipinski definition) is 6. The second-order valence-corrected chi connectivity index (χ2v) is 6.95. The maximum absolute atomic E-state index is 4.66. The summed E-state index contributed by atoms with van der Waals surface area (Å²) in [5.74, 6) is 2.57. The first kappa shape index (κ1) is 16.7. The van der Waals surface area contributed by atoms with Gasteiger partial charge in [0.15, 0.2) is 11.5 Å². The van der Waals surface area contributed by atoms with Crippen molar-refractivity contribution in [2.75, 3.05) is 23.3 Å². The Bertz CT molecular complexity index is 1070. The van der Waals surface area contributed by atoms with Crippen LogP contribution < -0.4 is 10.2 Å². The van der Waals surface area contributed by atoms with Crippen LogP contribution in [-0.2, 0) is 6.54 Å². The molecule has 7 heteroatoms. The molecule has 1 fully saturated rings. The van der Waals surface area contributed by atoms with Crippen LogP contribution in [0.3, 0.4) is 0 Å². The van der Waals surface area contributed by atoms with E-state index >= 15 is 0 Å². The zero-order valence-electron chi connectivity index (χ0n) is 15.5. The number of pyridine rings is 1. The van der Waals surface area contributed by atoms with E-state index in [9.17, 15) is 0 Å². The van der Waals surface area contributed by atoms with Gasteiger partial charge in [-0.3, -0.25) is 0 Å². The molecule has 28 heavy (non-hydrogen) atoms. The van der Waals surface area contributed by atoms with Crippen LogP contribution in [0.5, 0.6) is 0 Å². The average molecular weight is 371 g/mol. The van der Waals surface area contributed by atoms with Crippen LogP contribution in [0.15, 0.2) is 60.8 Å². The van der Waals surface area contributed by atoms with E-state index in [0.29, 0.717) is 6.54 Å². The Labute approximate surface area is 163 Å². The van der Waals surface area contributed by atoms with Crippen LogP contribution in [0, 0.1) is 0 Å². The van der Waals surface area contributed by atoms with Crippen LogP contribution in [-0.4, -0.2) is 37.9 Å². The van der Waals surface area contributed by atoms with E-state index in [4.69, 9.17) is 0 Å². The Kier molecular flexibility index (Phi) is 4.33. The Morgan fingerprint density at radius 1 is 0.893 bits per heavy atom. The second-order valence-electron chi connectivity index (χ2n) is 6.95. The van der Waals surface area contributed by atoms with Gasteiger partial charge in [0.05, 0.1) is 0 Å². The SMILES string of the molecule is c1ccc(-c2nnc3ccc(NCc4ccc(N5CCCC5)nc4)nn23)cc1. The van der Waals surface area contributed by atoms with Gasteiger partial charge in [-0.25, -0.2) is 4.98 Å². The van der Waals surface area contributed by atoms with Gasteiger partial charge in [0.25, 0.3) is 0 Å². The lowest BCUT2D eigenvalue weighted by molar-refractivity contribution is 0.918. The number of aromatic nitrogens is 5. The standard InChI is InChI=1S/C21H21N7/c1-2-6-17(7-3-1)21-25-24-20-11-9-18(26-28(20)21)22-14-16-8-10-19(23-15-16)27-12-4-5-13-27/h1-3,6-11,15H,4-5,12-14H2,(H,22,26). The summed E-state index contributed by atoms with van der Waals surface area (Å²) in [4.78, 5) is 6.95. The van der Waals surface area contributed by atoms with Crippen molar-refractivity contribution >= 4 is 17.3 Å². The maximum Gasteiger partial charge on any atom is 0.185 e. The summed E-state index contributed by atoms with van der Waals surface area (Å²) in [7, 11) is 0. The van der Waals surface area contributed by atoms with E-state index in [1.807, 2.05) is 48.7 Å². The Balaban J connectivity index is 1.32. The molecule has 3 aromatic heterocycles. The molecule has 0 saturated carbocycles. The molecule has 0 radical (unpaired) electrons. The second kappa shape index (κ2) is 7.26. The van der Waals surface area contributed by atoms with Gasteiger partial charge in [-0.05, 0) is 36.6 Å². The number of nitrogens with zero attached hydrogens (tertiary/aromatic N) is 6. The highest BCUT2D eigenvalue weighted by molar-refractivity contribution is 5.59. The summed E-state index contributed by atoms with van der Waals surface area (Å²) in [5.41, 5.74) is 2.83. The lowest BCUT2D eigenvalue weighted by Gasteiger charge is -2.16. The molecular formula is C21H21N7. The first-order valence-corrected chi connectivity index (χ1v) is 9.58. The lowest BCUT2D eigenvalue weighted by atomic mass is 10.2. The monoisotopic (exact) mass is 371 g/mol.